The number of hydrogen-bond donors (Lipinski definition) is 2. The van der Waals surface area contributed by atoms with Gasteiger partial charge in [-0.25, -0.2) is 9.78 Å². The Morgan fingerprint density at radius 1 is 1.20 bits per heavy atom. The van der Waals surface area contributed by atoms with Gasteiger partial charge in [-0.3, -0.25) is 0 Å². The quantitative estimate of drug-likeness (QED) is 0.768. The maximum absolute atomic E-state index is 11.2. The van der Waals surface area contributed by atoms with E-state index in [1.54, 1.807) is 29.7 Å². The number of anilines is 1. The number of carboxylic acid groups (broad SMARTS) is 1. The minimum Gasteiger partial charge on any atom is -0.478 e. The number of thiazole rings is 1. The summed E-state index contributed by atoms with van der Waals surface area (Å²) in [6, 6.07) is 10.9. The van der Waals surface area contributed by atoms with E-state index < -0.39 is 5.97 Å². The van der Waals surface area contributed by atoms with Gasteiger partial charge in [0, 0.05) is 22.7 Å². The first kappa shape index (κ1) is 12.6. The number of aromatic nitrogens is 1. The zero-order chi connectivity index (χ0) is 13.9. The van der Waals surface area contributed by atoms with Crippen molar-refractivity contribution in [1.82, 2.24) is 4.98 Å². The van der Waals surface area contributed by atoms with E-state index in [1.165, 1.54) is 0 Å². The third kappa shape index (κ3) is 2.35. The standard InChI is InChI=1S/C15H12N2O2S/c18-15(19)12-5-6-13(11-4-2-1-3-10(11)12)17-9-14-16-7-8-20-14/h1-8,17H,9H2,(H,18,19). The van der Waals surface area contributed by atoms with Gasteiger partial charge in [-0.1, -0.05) is 24.3 Å². The zero-order valence-corrected chi connectivity index (χ0v) is 11.4. The molecular formula is C15H12N2O2S. The molecule has 100 valence electrons. The molecule has 0 aliphatic heterocycles. The number of fused-ring (bicyclic) bond motifs is 1. The lowest BCUT2D eigenvalue weighted by Gasteiger charge is -2.10. The van der Waals surface area contributed by atoms with Crippen LogP contribution in [0.1, 0.15) is 15.4 Å². The van der Waals surface area contributed by atoms with Crippen LogP contribution in [0.25, 0.3) is 10.8 Å². The molecule has 2 aromatic carbocycles. The Morgan fingerprint density at radius 3 is 2.70 bits per heavy atom. The van der Waals surface area contributed by atoms with Crippen LogP contribution in [0.3, 0.4) is 0 Å². The molecule has 2 N–H and O–H groups in total. The molecule has 1 aromatic heterocycles. The van der Waals surface area contributed by atoms with Gasteiger partial charge in [0.15, 0.2) is 0 Å². The molecule has 1 heterocycles. The summed E-state index contributed by atoms with van der Waals surface area (Å²) in [7, 11) is 0. The molecule has 3 aromatic rings. The van der Waals surface area contributed by atoms with Crippen LogP contribution in [0.4, 0.5) is 5.69 Å². The summed E-state index contributed by atoms with van der Waals surface area (Å²) in [5, 5.41) is 17.1. The predicted octanol–water partition coefficient (Wildman–Crippen LogP) is 3.61. The molecule has 4 nitrogen and oxygen atoms in total. The van der Waals surface area contributed by atoms with Crippen LogP contribution >= 0.6 is 11.3 Å². The van der Waals surface area contributed by atoms with E-state index in [1.807, 2.05) is 29.6 Å². The van der Waals surface area contributed by atoms with Gasteiger partial charge in [0.25, 0.3) is 0 Å². The fourth-order valence-electron chi connectivity index (χ4n) is 2.15. The second-order valence-electron chi connectivity index (χ2n) is 4.29. The van der Waals surface area contributed by atoms with E-state index in [0.29, 0.717) is 12.1 Å². The Hall–Kier alpha value is -2.40. The van der Waals surface area contributed by atoms with E-state index >= 15 is 0 Å². The topological polar surface area (TPSA) is 62.2 Å². The van der Waals surface area contributed by atoms with Crippen LogP contribution in [-0.4, -0.2) is 16.1 Å². The average molecular weight is 284 g/mol. The molecule has 3 rings (SSSR count). The molecule has 0 saturated heterocycles. The normalized spacial score (nSPS) is 10.6. The van der Waals surface area contributed by atoms with Gasteiger partial charge in [-0.05, 0) is 17.5 Å². The van der Waals surface area contributed by atoms with Gasteiger partial charge in [0.2, 0.25) is 0 Å². The van der Waals surface area contributed by atoms with Crippen molar-refractivity contribution in [3.05, 3.63) is 58.5 Å². The molecule has 20 heavy (non-hydrogen) atoms. The van der Waals surface area contributed by atoms with Crippen LogP contribution in [0.2, 0.25) is 0 Å². The number of aromatic carboxylic acids is 1. The minimum absolute atomic E-state index is 0.320. The molecule has 5 heteroatoms. The molecule has 0 radical (unpaired) electrons. The van der Waals surface area contributed by atoms with E-state index in [9.17, 15) is 9.90 Å². The van der Waals surface area contributed by atoms with Gasteiger partial charge in [-0.2, -0.15) is 0 Å². The van der Waals surface area contributed by atoms with Crippen LogP contribution < -0.4 is 5.32 Å². The van der Waals surface area contributed by atoms with E-state index in [-0.39, 0.29) is 0 Å². The maximum atomic E-state index is 11.2. The predicted molar refractivity (Wildman–Crippen MR) is 80.3 cm³/mol. The lowest BCUT2D eigenvalue weighted by atomic mass is 10.0. The number of nitrogens with zero attached hydrogens (tertiary/aromatic N) is 1. The van der Waals surface area contributed by atoms with Crippen molar-refractivity contribution in [1.29, 1.82) is 0 Å². The Balaban J connectivity index is 1.99. The van der Waals surface area contributed by atoms with Gasteiger partial charge in [0.05, 0.1) is 12.1 Å². The third-order valence-corrected chi connectivity index (χ3v) is 3.85. The van der Waals surface area contributed by atoms with Crippen molar-refractivity contribution >= 4 is 33.8 Å². The number of hydrogen-bond acceptors (Lipinski definition) is 4. The monoisotopic (exact) mass is 284 g/mol. The van der Waals surface area contributed by atoms with Crippen molar-refractivity contribution in [2.45, 2.75) is 6.54 Å². The van der Waals surface area contributed by atoms with Gasteiger partial charge >= 0.3 is 5.97 Å². The molecule has 0 saturated carbocycles. The first-order chi connectivity index (χ1) is 9.75. The summed E-state index contributed by atoms with van der Waals surface area (Å²) in [4.78, 5) is 15.5. The van der Waals surface area contributed by atoms with Crippen LogP contribution in [0.5, 0.6) is 0 Å². The molecule has 0 amide bonds. The lowest BCUT2D eigenvalue weighted by Crippen LogP contribution is -2.02. The highest BCUT2D eigenvalue weighted by Gasteiger charge is 2.10. The summed E-state index contributed by atoms with van der Waals surface area (Å²) in [5.74, 6) is -0.910. The number of carboxylic acids is 1. The second kappa shape index (κ2) is 5.30. The summed E-state index contributed by atoms with van der Waals surface area (Å²) in [6.45, 7) is 0.633. The summed E-state index contributed by atoms with van der Waals surface area (Å²) in [5.41, 5.74) is 1.24. The van der Waals surface area contributed by atoms with E-state index in [0.717, 1.165) is 21.5 Å². The van der Waals surface area contributed by atoms with Gasteiger partial charge in [0.1, 0.15) is 5.01 Å². The summed E-state index contributed by atoms with van der Waals surface area (Å²) < 4.78 is 0. The van der Waals surface area contributed by atoms with Crippen molar-refractivity contribution in [2.24, 2.45) is 0 Å². The molecule has 0 spiro atoms. The number of nitrogens with one attached hydrogen (secondary N) is 1. The Morgan fingerprint density at radius 2 is 2.00 bits per heavy atom. The number of rotatable bonds is 4. The molecule has 0 aliphatic carbocycles. The second-order valence-corrected chi connectivity index (χ2v) is 5.27. The molecule has 0 aliphatic rings. The van der Waals surface area contributed by atoms with E-state index in [4.69, 9.17) is 0 Å². The van der Waals surface area contributed by atoms with Crippen molar-refractivity contribution in [3.63, 3.8) is 0 Å². The van der Waals surface area contributed by atoms with Crippen molar-refractivity contribution in [3.8, 4) is 0 Å². The molecule has 0 unspecified atom stereocenters. The third-order valence-electron chi connectivity index (χ3n) is 3.07. The Kier molecular flexibility index (Phi) is 3.35. The van der Waals surface area contributed by atoms with Crippen LogP contribution in [0.15, 0.2) is 48.0 Å². The Labute approximate surface area is 119 Å². The highest BCUT2D eigenvalue weighted by atomic mass is 32.1. The van der Waals surface area contributed by atoms with Crippen molar-refractivity contribution in [2.75, 3.05) is 5.32 Å². The fraction of sp³-hybridized carbons (Fsp3) is 0.0667. The molecular weight excluding hydrogens is 272 g/mol. The Bertz CT molecular complexity index is 754. The molecule has 0 fully saturated rings. The van der Waals surface area contributed by atoms with Gasteiger partial charge < -0.3 is 10.4 Å². The minimum atomic E-state index is -0.910. The first-order valence-electron chi connectivity index (χ1n) is 6.13. The number of benzene rings is 2. The highest BCUT2D eigenvalue weighted by molar-refractivity contribution is 7.09. The summed E-state index contributed by atoms with van der Waals surface area (Å²) in [6.07, 6.45) is 1.77. The average Bonchev–Trinajstić information content (AvgIpc) is 2.97. The van der Waals surface area contributed by atoms with Crippen LogP contribution in [0, 0.1) is 0 Å². The maximum Gasteiger partial charge on any atom is 0.336 e. The zero-order valence-electron chi connectivity index (χ0n) is 10.5. The molecule has 0 bridgehead atoms. The van der Waals surface area contributed by atoms with E-state index in [2.05, 4.69) is 10.3 Å². The first-order valence-corrected chi connectivity index (χ1v) is 7.01. The SMILES string of the molecule is O=C(O)c1ccc(NCc2nccs2)c2ccccc12. The summed E-state index contributed by atoms with van der Waals surface area (Å²) >= 11 is 1.59. The smallest absolute Gasteiger partial charge is 0.336 e. The van der Waals surface area contributed by atoms with Gasteiger partial charge in [-0.15, -0.1) is 11.3 Å². The highest BCUT2D eigenvalue weighted by Crippen LogP contribution is 2.27. The lowest BCUT2D eigenvalue weighted by molar-refractivity contribution is 0.0699. The van der Waals surface area contributed by atoms with Crippen LogP contribution in [-0.2, 0) is 6.54 Å². The fourth-order valence-corrected chi connectivity index (χ4v) is 2.71. The largest absolute Gasteiger partial charge is 0.478 e. The van der Waals surface area contributed by atoms with Crippen molar-refractivity contribution < 1.29 is 9.90 Å². The number of carbonyl (C=O) groups is 1. The molecule has 0 atom stereocenters.